The standard InChI is InChI=1S/C10H20N4S/c1-4-9-12-10(15-13-9)11-7-8-14(5-2)6-3/h4-8H2,1-3H3,(H,11,12,13). The van der Waals surface area contributed by atoms with Crippen molar-refractivity contribution in [2.45, 2.75) is 27.2 Å². The summed E-state index contributed by atoms with van der Waals surface area (Å²) in [6, 6.07) is 0. The highest BCUT2D eigenvalue weighted by atomic mass is 32.1. The summed E-state index contributed by atoms with van der Waals surface area (Å²) in [5.74, 6) is 0.935. The summed E-state index contributed by atoms with van der Waals surface area (Å²) in [7, 11) is 0. The molecule has 0 spiro atoms. The molecule has 1 aromatic heterocycles. The van der Waals surface area contributed by atoms with Crippen LogP contribution in [0.25, 0.3) is 0 Å². The maximum Gasteiger partial charge on any atom is 0.202 e. The van der Waals surface area contributed by atoms with Crippen LogP contribution in [-0.2, 0) is 6.42 Å². The quantitative estimate of drug-likeness (QED) is 0.773. The molecule has 0 fully saturated rings. The van der Waals surface area contributed by atoms with E-state index in [1.54, 1.807) is 0 Å². The number of hydrogen-bond acceptors (Lipinski definition) is 5. The molecule has 0 aliphatic heterocycles. The van der Waals surface area contributed by atoms with Gasteiger partial charge in [0.05, 0.1) is 0 Å². The average Bonchev–Trinajstić information content (AvgIpc) is 2.72. The molecule has 4 nitrogen and oxygen atoms in total. The Bertz CT molecular complexity index is 270. The SMILES string of the molecule is CCc1nsc(NCCN(CC)CC)n1. The second-order valence-corrected chi connectivity index (χ2v) is 4.07. The molecule has 5 heteroatoms. The van der Waals surface area contributed by atoms with Gasteiger partial charge in [0.1, 0.15) is 5.82 Å². The van der Waals surface area contributed by atoms with E-state index in [9.17, 15) is 0 Å². The highest BCUT2D eigenvalue weighted by Crippen LogP contribution is 2.10. The lowest BCUT2D eigenvalue weighted by molar-refractivity contribution is 0.316. The van der Waals surface area contributed by atoms with Gasteiger partial charge in [0.25, 0.3) is 0 Å². The summed E-state index contributed by atoms with van der Waals surface area (Å²) in [5, 5.41) is 4.25. The molecule has 0 bridgehead atoms. The average molecular weight is 228 g/mol. The summed E-state index contributed by atoms with van der Waals surface area (Å²) >= 11 is 1.45. The predicted octanol–water partition coefficient (Wildman–Crippen LogP) is 1.85. The zero-order chi connectivity index (χ0) is 11.1. The number of likely N-dealkylation sites (N-methyl/N-ethyl adjacent to an activating group) is 1. The topological polar surface area (TPSA) is 41.1 Å². The van der Waals surface area contributed by atoms with E-state index in [0.29, 0.717) is 0 Å². The van der Waals surface area contributed by atoms with Gasteiger partial charge in [-0.2, -0.15) is 4.37 Å². The molecular weight excluding hydrogens is 208 g/mol. The Kier molecular flexibility index (Phi) is 5.57. The Labute approximate surface area is 95.9 Å². The van der Waals surface area contributed by atoms with Crippen LogP contribution < -0.4 is 5.32 Å². The van der Waals surface area contributed by atoms with Crippen molar-refractivity contribution in [2.75, 3.05) is 31.5 Å². The van der Waals surface area contributed by atoms with Crippen molar-refractivity contribution in [3.05, 3.63) is 5.82 Å². The fourth-order valence-corrected chi connectivity index (χ4v) is 2.00. The molecule has 0 aliphatic rings. The molecule has 1 aromatic rings. The van der Waals surface area contributed by atoms with Crippen LogP contribution in [0, 0.1) is 0 Å². The number of rotatable bonds is 7. The summed E-state index contributed by atoms with van der Waals surface area (Å²) in [6.45, 7) is 10.7. The fourth-order valence-electron chi connectivity index (χ4n) is 1.33. The van der Waals surface area contributed by atoms with Gasteiger partial charge in [-0.1, -0.05) is 20.8 Å². The second-order valence-electron chi connectivity index (χ2n) is 3.32. The van der Waals surface area contributed by atoms with Gasteiger partial charge < -0.3 is 10.2 Å². The molecule has 0 aromatic carbocycles. The van der Waals surface area contributed by atoms with Gasteiger partial charge in [0.2, 0.25) is 5.13 Å². The third kappa shape index (κ3) is 4.13. The molecule has 0 atom stereocenters. The van der Waals surface area contributed by atoms with E-state index in [1.807, 2.05) is 0 Å². The molecule has 0 amide bonds. The second kappa shape index (κ2) is 6.74. The third-order valence-corrected chi connectivity index (χ3v) is 3.09. The van der Waals surface area contributed by atoms with Crippen molar-refractivity contribution in [2.24, 2.45) is 0 Å². The van der Waals surface area contributed by atoms with Crippen molar-refractivity contribution >= 4 is 16.7 Å². The molecule has 1 N–H and O–H groups in total. The maximum atomic E-state index is 4.36. The monoisotopic (exact) mass is 228 g/mol. The van der Waals surface area contributed by atoms with Crippen LogP contribution in [0.15, 0.2) is 0 Å². The molecule has 1 rings (SSSR count). The first kappa shape index (κ1) is 12.4. The Morgan fingerprint density at radius 3 is 2.53 bits per heavy atom. The highest BCUT2D eigenvalue weighted by Gasteiger charge is 2.02. The zero-order valence-electron chi connectivity index (χ0n) is 9.79. The van der Waals surface area contributed by atoms with Gasteiger partial charge in [-0.3, -0.25) is 0 Å². The molecule has 86 valence electrons. The predicted molar refractivity (Wildman–Crippen MR) is 65.6 cm³/mol. The van der Waals surface area contributed by atoms with Crippen molar-refractivity contribution < 1.29 is 0 Å². The molecule has 0 unspecified atom stereocenters. The largest absolute Gasteiger partial charge is 0.359 e. The van der Waals surface area contributed by atoms with Crippen LogP contribution in [0.5, 0.6) is 0 Å². The number of aromatic nitrogens is 2. The van der Waals surface area contributed by atoms with Crippen LogP contribution >= 0.6 is 11.5 Å². The smallest absolute Gasteiger partial charge is 0.202 e. The van der Waals surface area contributed by atoms with Gasteiger partial charge in [0, 0.05) is 31.0 Å². The van der Waals surface area contributed by atoms with E-state index in [4.69, 9.17) is 0 Å². The lowest BCUT2D eigenvalue weighted by atomic mass is 10.4. The van der Waals surface area contributed by atoms with Crippen molar-refractivity contribution in [3.63, 3.8) is 0 Å². The molecule has 15 heavy (non-hydrogen) atoms. The van der Waals surface area contributed by atoms with Gasteiger partial charge in [-0.05, 0) is 13.1 Å². The Morgan fingerprint density at radius 2 is 2.00 bits per heavy atom. The fraction of sp³-hybridized carbons (Fsp3) is 0.800. The normalized spacial score (nSPS) is 10.9. The zero-order valence-corrected chi connectivity index (χ0v) is 10.6. The van der Waals surface area contributed by atoms with Gasteiger partial charge >= 0.3 is 0 Å². The van der Waals surface area contributed by atoms with E-state index in [1.165, 1.54) is 11.5 Å². The van der Waals surface area contributed by atoms with E-state index in [2.05, 4.69) is 40.3 Å². The van der Waals surface area contributed by atoms with Crippen LogP contribution in [0.1, 0.15) is 26.6 Å². The van der Waals surface area contributed by atoms with Gasteiger partial charge in [-0.15, -0.1) is 0 Å². The molecule has 0 aliphatic carbocycles. The first-order valence-electron chi connectivity index (χ1n) is 5.58. The number of nitrogens with one attached hydrogen (secondary N) is 1. The summed E-state index contributed by atoms with van der Waals surface area (Å²) in [6.07, 6.45) is 0.911. The minimum atomic E-state index is 0.911. The van der Waals surface area contributed by atoms with Crippen molar-refractivity contribution in [1.29, 1.82) is 0 Å². The minimum absolute atomic E-state index is 0.911. The highest BCUT2D eigenvalue weighted by molar-refractivity contribution is 7.09. The molecular formula is C10H20N4S. The minimum Gasteiger partial charge on any atom is -0.359 e. The summed E-state index contributed by atoms with van der Waals surface area (Å²) in [5.41, 5.74) is 0. The lowest BCUT2D eigenvalue weighted by Crippen LogP contribution is -2.28. The first-order valence-corrected chi connectivity index (χ1v) is 6.36. The summed E-state index contributed by atoms with van der Waals surface area (Å²) < 4.78 is 4.23. The Morgan fingerprint density at radius 1 is 1.27 bits per heavy atom. The van der Waals surface area contributed by atoms with Crippen LogP contribution in [0.4, 0.5) is 5.13 Å². The van der Waals surface area contributed by atoms with E-state index in [0.717, 1.165) is 43.6 Å². The number of nitrogens with zero attached hydrogens (tertiary/aromatic N) is 3. The number of anilines is 1. The van der Waals surface area contributed by atoms with Crippen LogP contribution in [0.2, 0.25) is 0 Å². The van der Waals surface area contributed by atoms with Crippen LogP contribution in [-0.4, -0.2) is 40.4 Å². The molecule has 0 saturated carbocycles. The van der Waals surface area contributed by atoms with Crippen LogP contribution in [0.3, 0.4) is 0 Å². The lowest BCUT2D eigenvalue weighted by Gasteiger charge is -2.17. The maximum absolute atomic E-state index is 4.36. The molecule has 1 heterocycles. The Balaban J connectivity index is 2.25. The molecule has 0 radical (unpaired) electrons. The number of aryl methyl sites for hydroxylation is 1. The van der Waals surface area contributed by atoms with E-state index >= 15 is 0 Å². The van der Waals surface area contributed by atoms with Crippen molar-refractivity contribution in [1.82, 2.24) is 14.3 Å². The van der Waals surface area contributed by atoms with Crippen molar-refractivity contribution in [3.8, 4) is 0 Å². The number of hydrogen-bond donors (Lipinski definition) is 1. The van der Waals surface area contributed by atoms with E-state index in [-0.39, 0.29) is 0 Å². The van der Waals surface area contributed by atoms with E-state index < -0.39 is 0 Å². The Hall–Kier alpha value is -0.680. The van der Waals surface area contributed by atoms with Gasteiger partial charge in [-0.25, -0.2) is 4.98 Å². The summed E-state index contributed by atoms with van der Waals surface area (Å²) in [4.78, 5) is 6.74. The molecule has 0 saturated heterocycles. The van der Waals surface area contributed by atoms with Gasteiger partial charge in [0.15, 0.2) is 0 Å². The first-order chi connectivity index (χ1) is 7.30. The third-order valence-electron chi connectivity index (χ3n) is 2.38.